The van der Waals surface area contributed by atoms with Crippen LogP contribution in [0.15, 0.2) is 48.5 Å². The number of benzene rings is 2. The van der Waals surface area contributed by atoms with Gasteiger partial charge in [-0.05, 0) is 37.4 Å². The lowest BCUT2D eigenvalue weighted by Crippen LogP contribution is -2.44. The number of rotatable bonds is 4. The first-order chi connectivity index (χ1) is 13.2. The number of carbonyl (C=O) groups excluding carboxylic acids is 1. The Balaban J connectivity index is 1.59. The number of hydrogen-bond acceptors (Lipinski definition) is 4. The summed E-state index contributed by atoms with van der Waals surface area (Å²) in [6, 6.07) is 15.9. The number of nitrogens with zero attached hydrogens (tertiary/aromatic N) is 4. The van der Waals surface area contributed by atoms with Crippen LogP contribution in [0, 0.1) is 0 Å². The SMILES string of the molecule is COc1ccc(N2CCN(c3ccccc3)C2=O)cc1N1CCN(C)CC1. The fourth-order valence-electron chi connectivity index (χ4n) is 3.76. The Bertz CT molecular complexity index is 803. The van der Waals surface area contributed by atoms with E-state index in [1.165, 1.54) is 0 Å². The molecule has 6 nitrogen and oxygen atoms in total. The maximum absolute atomic E-state index is 13.0. The molecule has 2 aromatic rings. The molecule has 2 fully saturated rings. The van der Waals surface area contributed by atoms with Crippen molar-refractivity contribution in [3.63, 3.8) is 0 Å². The largest absolute Gasteiger partial charge is 0.495 e. The summed E-state index contributed by atoms with van der Waals surface area (Å²) in [5.41, 5.74) is 2.93. The summed E-state index contributed by atoms with van der Waals surface area (Å²) in [4.78, 5) is 21.4. The van der Waals surface area contributed by atoms with Gasteiger partial charge in [-0.1, -0.05) is 18.2 Å². The molecule has 4 rings (SSSR count). The molecule has 2 aliphatic rings. The molecule has 142 valence electrons. The summed E-state index contributed by atoms with van der Waals surface area (Å²) in [5.74, 6) is 0.856. The summed E-state index contributed by atoms with van der Waals surface area (Å²) in [5, 5.41) is 0. The van der Waals surface area contributed by atoms with Gasteiger partial charge in [0.1, 0.15) is 5.75 Å². The highest BCUT2D eigenvalue weighted by Crippen LogP contribution is 2.35. The van der Waals surface area contributed by atoms with Crippen molar-refractivity contribution < 1.29 is 9.53 Å². The Morgan fingerprint density at radius 1 is 0.815 bits per heavy atom. The van der Waals surface area contributed by atoms with Crippen molar-refractivity contribution in [2.45, 2.75) is 0 Å². The minimum absolute atomic E-state index is 0.0238. The van der Waals surface area contributed by atoms with Gasteiger partial charge >= 0.3 is 6.03 Å². The molecule has 0 aliphatic carbocycles. The first-order valence-corrected chi connectivity index (χ1v) is 9.43. The molecule has 0 N–H and O–H groups in total. The molecule has 6 heteroatoms. The zero-order valence-electron chi connectivity index (χ0n) is 16.0. The molecule has 0 atom stereocenters. The number of anilines is 3. The normalized spacial score (nSPS) is 18.3. The fourth-order valence-corrected chi connectivity index (χ4v) is 3.76. The lowest BCUT2D eigenvalue weighted by Gasteiger charge is -2.35. The van der Waals surface area contributed by atoms with Gasteiger partial charge in [0.2, 0.25) is 0 Å². The topological polar surface area (TPSA) is 39.3 Å². The first kappa shape index (κ1) is 17.7. The van der Waals surface area contributed by atoms with E-state index in [1.54, 1.807) is 7.11 Å². The van der Waals surface area contributed by atoms with Crippen LogP contribution in [0.3, 0.4) is 0 Å². The quantitative estimate of drug-likeness (QED) is 0.834. The second kappa shape index (κ2) is 7.48. The van der Waals surface area contributed by atoms with Gasteiger partial charge in [-0.3, -0.25) is 9.80 Å². The molecular formula is C21H26N4O2. The molecule has 2 aliphatic heterocycles. The number of ether oxygens (including phenoxy) is 1. The van der Waals surface area contributed by atoms with Crippen molar-refractivity contribution in [1.82, 2.24) is 4.90 Å². The molecule has 2 aromatic carbocycles. The number of piperazine rings is 1. The van der Waals surface area contributed by atoms with Crippen molar-refractivity contribution in [3.05, 3.63) is 48.5 Å². The van der Waals surface area contributed by atoms with Crippen molar-refractivity contribution in [1.29, 1.82) is 0 Å². The van der Waals surface area contributed by atoms with Gasteiger partial charge in [0.05, 0.1) is 12.8 Å². The van der Waals surface area contributed by atoms with Gasteiger partial charge < -0.3 is 14.5 Å². The van der Waals surface area contributed by atoms with E-state index in [0.29, 0.717) is 13.1 Å². The van der Waals surface area contributed by atoms with Gasteiger partial charge in [-0.2, -0.15) is 0 Å². The Labute approximate surface area is 160 Å². The molecule has 2 heterocycles. The Morgan fingerprint density at radius 3 is 2.15 bits per heavy atom. The average Bonchev–Trinajstić information content (AvgIpc) is 3.10. The third kappa shape index (κ3) is 3.45. The van der Waals surface area contributed by atoms with Gasteiger partial charge in [0.25, 0.3) is 0 Å². The average molecular weight is 366 g/mol. The van der Waals surface area contributed by atoms with Crippen molar-refractivity contribution >= 4 is 23.1 Å². The lowest BCUT2D eigenvalue weighted by atomic mass is 10.2. The molecule has 0 spiro atoms. The summed E-state index contributed by atoms with van der Waals surface area (Å²) in [6.07, 6.45) is 0. The van der Waals surface area contributed by atoms with Gasteiger partial charge in [-0.15, -0.1) is 0 Å². The van der Waals surface area contributed by atoms with E-state index in [9.17, 15) is 4.79 Å². The van der Waals surface area contributed by atoms with E-state index >= 15 is 0 Å². The van der Waals surface area contributed by atoms with Crippen LogP contribution in [0.2, 0.25) is 0 Å². The number of carbonyl (C=O) groups is 1. The first-order valence-electron chi connectivity index (χ1n) is 9.43. The third-order valence-electron chi connectivity index (χ3n) is 5.39. The van der Waals surface area contributed by atoms with Crippen LogP contribution in [-0.2, 0) is 0 Å². The van der Waals surface area contributed by atoms with Gasteiger partial charge in [0.15, 0.2) is 0 Å². The van der Waals surface area contributed by atoms with Crippen LogP contribution in [0.1, 0.15) is 0 Å². The minimum Gasteiger partial charge on any atom is -0.495 e. The van der Waals surface area contributed by atoms with Crippen molar-refractivity contribution in [3.8, 4) is 5.75 Å². The van der Waals surface area contributed by atoms with E-state index in [0.717, 1.165) is 49.0 Å². The van der Waals surface area contributed by atoms with E-state index in [4.69, 9.17) is 4.74 Å². The van der Waals surface area contributed by atoms with Gasteiger partial charge in [-0.25, -0.2) is 4.79 Å². The standard InChI is InChI=1S/C21H26N4O2/c1-22-10-12-23(13-11-22)19-16-18(8-9-20(19)27-2)25-15-14-24(21(25)26)17-6-4-3-5-7-17/h3-9,16H,10-15H2,1-2H3. The highest BCUT2D eigenvalue weighted by molar-refractivity contribution is 6.06. The van der Waals surface area contributed by atoms with Crippen molar-refractivity contribution in [2.24, 2.45) is 0 Å². The Kier molecular flexibility index (Phi) is 4.90. The number of methoxy groups -OCH3 is 1. The second-order valence-electron chi connectivity index (χ2n) is 7.07. The van der Waals surface area contributed by atoms with Crippen LogP contribution in [-0.4, -0.2) is 64.4 Å². The van der Waals surface area contributed by atoms with E-state index in [2.05, 4.69) is 22.9 Å². The molecular weight excluding hydrogens is 340 g/mol. The van der Waals surface area contributed by atoms with Crippen LogP contribution in [0.4, 0.5) is 21.9 Å². The molecule has 0 radical (unpaired) electrons. The molecule has 2 amide bonds. The summed E-state index contributed by atoms with van der Waals surface area (Å²) >= 11 is 0. The summed E-state index contributed by atoms with van der Waals surface area (Å²) in [7, 11) is 3.85. The number of hydrogen-bond donors (Lipinski definition) is 0. The second-order valence-corrected chi connectivity index (χ2v) is 7.07. The smallest absolute Gasteiger partial charge is 0.329 e. The highest BCUT2D eigenvalue weighted by atomic mass is 16.5. The number of likely N-dealkylation sites (N-methyl/N-ethyl adjacent to an activating group) is 1. The molecule has 0 unspecified atom stereocenters. The Hall–Kier alpha value is -2.73. The predicted octanol–water partition coefficient (Wildman–Crippen LogP) is 2.89. The van der Waals surface area contributed by atoms with E-state index in [-0.39, 0.29) is 6.03 Å². The number of amides is 2. The molecule has 0 bridgehead atoms. The van der Waals surface area contributed by atoms with Crippen LogP contribution in [0.5, 0.6) is 5.75 Å². The molecule has 2 saturated heterocycles. The maximum atomic E-state index is 13.0. The molecule has 0 aromatic heterocycles. The Morgan fingerprint density at radius 2 is 1.48 bits per heavy atom. The lowest BCUT2D eigenvalue weighted by molar-refractivity contribution is 0.256. The molecule has 0 saturated carbocycles. The zero-order valence-corrected chi connectivity index (χ0v) is 16.0. The summed E-state index contributed by atoms with van der Waals surface area (Å²) < 4.78 is 5.59. The maximum Gasteiger partial charge on any atom is 0.329 e. The predicted molar refractivity (Wildman–Crippen MR) is 109 cm³/mol. The third-order valence-corrected chi connectivity index (χ3v) is 5.39. The van der Waals surface area contributed by atoms with E-state index in [1.807, 2.05) is 52.3 Å². The van der Waals surface area contributed by atoms with Crippen molar-refractivity contribution in [2.75, 3.05) is 68.1 Å². The fraction of sp³-hybridized carbons (Fsp3) is 0.381. The molecule has 27 heavy (non-hydrogen) atoms. The highest BCUT2D eigenvalue weighted by Gasteiger charge is 2.31. The van der Waals surface area contributed by atoms with Crippen LogP contribution in [0.25, 0.3) is 0 Å². The number of urea groups is 1. The van der Waals surface area contributed by atoms with Crippen LogP contribution < -0.4 is 19.4 Å². The van der Waals surface area contributed by atoms with Gasteiger partial charge in [0, 0.05) is 50.6 Å². The zero-order chi connectivity index (χ0) is 18.8. The summed E-state index contributed by atoms with van der Waals surface area (Å²) in [6.45, 7) is 5.34. The monoisotopic (exact) mass is 366 g/mol. The number of para-hydroxylation sites is 1. The minimum atomic E-state index is 0.0238. The van der Waals surface area contributed by atoms with Crippen LogP contribution >= 0.6 is 0 Å². The van der Waals surface area contributed by atoms with E-state index < -0.39 is 0 Å².